The summed E-state index contributed by atoms with van der Waals surface area (Å²) >= 11 is 0. The molecule has 0 atom stereocenters. The highest BCUT2D eigenvalue weighted by atomic mass is 19.1. The number of allylic oxidation sites excluding steroid dienone is 4. The zero-order chi connectivity index (χ0) is 19.6. The lowest BCUT2D eigenvalue weighted by Gasteiger charge is -2.17. The first-order chi connectivity index (χ1) is 12.9. The van der Waals surface area contributed by atoms with Crippen molar-refractivity contribution < 1.29 is 9.18 Å². The van der Waals surface area contributed by atoms with Crippen molar-refractivity contribution in [3.8, 4) is 0 Å². The standard InChI is InChI=1S/C20H24FN5O/c1-13-20(23-24-26(13)15(3)22-14(2)21)16-6-5-7-17(12-27)18(10-16)11-25(4)19-8-9-19/h5-6,10,12,19H,3,7-9,11H2,1-2,4H3/b22-14+. The van der Waals surface area contributed by atoms with E-state index in [1.807, 2.05) is 25.2 Å². The molecule has 1 heterocycles. The molecule has 27 heavy (non-hydrogen) atoms. The van der Waals surface area contributed by atoms with E-state index in [0.29, 0.717) is 23.9 Å². The molecule has 1 aromatic heterocycles. The molecular formula is C20H24FN5O. The van der Waals surface area contributed by atoms with Crippen LogP contribution in [-0.4, -0.2) is 51.8 Å². The molecule has 0 N–H and O–H groups in total. The summed E-state index contributed by atoms with van der Waals surface area (Å²) in [5, 5.41) is 8.30. The highest BCUT2D eigenvalue weighted by Crippen LogP contribution is 2.29. The molecule has 0 saturated heterocycles. The van der Waals surface area contributed by atoms with Gasteiger partial charge in [0.2, 0.25) is 0 Å². The van der Waals surface area contributed by atoms with Crippen molar-refractivity contribution in [2.24, 2.45) is 4.99 Å². The molecule has 2 aliphatic carbocycles. The van der Waals surface area contributed by atoms with Crippen LogP contribution in [0.2, 0.25) is 0 Å². The second kappa shape index (κ2) is 7.92. The maximum Gasteiger partial charge on any atom is 0.187 e. The Balaban J connectivity index is 1.95. The molecule has 142 valence electrons. The van der Waals surface area contributed by atoms with Gasteiger partial charge in [0.15, 0.2) is 11.8 Å². The van der Waals surface area contributed by atoms with Crippen molar-refractivity contribution in [2.45, 2.75) is 39.2 Å². The van der Waals surface area contributed by atoms with Crippen LogP contribution in [0.4, 0.5) is 4.39 Å². The molecule has 6 nitrogen and oxygen atoms in total. The van der Waals surface area contributed by atoms with E-state index in [2.05, 4.69) is 33.8 Å². The zero-order valence-electron chi connectivity index (χ0n) is 15.9. The molecule has 0 unspecified atom stereocenters. The number of aliphatic imine (C=N–C) groups is 1. The Morgan fingerprint density at radius 2 is 2.26 bits per heavy atom. The number of halogens is 1. The van der Waals surface area contributed by atoms with Crippen LogP contribution >= 0.6 is 0 Å². The van der Waals surface area contributed by atoms with E-state index in [1.54, 1.807) is 0 Å². The number of likely N-dealkylation sites (N-methyl/N-ethyl adjacent to an activating group) is 1. The Hall–Kier alpha value is -2.67. The van der Waals surface area contributed by atoms with Crippen LogP contribution in [0.1, 0.15) is 37.6 Å². The highest BCUT2D eigenvalue weighted by Gasteiger charge is 2.27. The lowest BCUT2D eigenvalue weighted by molar-refractivity contribution is -0.105. The van der Waals surface area contributed by atoms with E-state index in [-0.39, 0.29) is 5.82 Å². The first-order valence-corrected chi connectivity index (χ1v) is 8.99. The number of carbonyl (C=O) groups is 1. The molecular weight excluding hydrogens is 345 g/mol. The topological polar surface area (TPSA) is 63.4 Å². The Bertz CT molecular complexity index is 882. The predicted octanol–water partition coefficient (Wildman–Crippen LogP) is 3.34. The third-order valence-electron chi connectivity index (χ3n) is 4.81. The minimum atomic E-state index is -0.589. The average Bonchev–Trinajstić information content (AvgIpc) is 3.40. The van der Waals surface area contributed by atoms with E-state index in [9.17, 15) is 9.18 Å². The van der Waals surface area contributed by atoms with E-state index in [0.717, 1.165) is 29.6 Å². The highest BCUT2D eigenvalue weighted by molar-refractivity contribution is 5.83. The third-order valence-corrected chi connectivity index (χ3v) is 4.81. The van der Waals surface area contributed by atoms with Gasteiger partial charge < -0.3 is 0 Å². The second-order valence-corrected chi connectivity index (χ2v) is 6.98. The van der Waals surface area contributed by atoms with Crippen LogP contribution in [0.3, 0.4) is 0 Å². The fraction of sp³-hybridized carbons (Fsp3) is 0.400. The Morgan fingerprint density at radius 3 is 2.89 bits per heavy atom. The largest absolute Gasteiger partial charge is 0.299 e. The molecule has 2 aliphatic rings. The van der Waals surface area contributed by atoms with Crippen molar-refractivity contribution in [3.63, 3.8) is 0 Å². The Kier molecular flexibility index (Phi) is 5.60. The molecule has 1 aromatic rings. The van der Waals surface area contributed by atoms with Gasteiger partial charge in [-0.3, -0.25) is 9.69 Å². The van der Waals surface area contributed by atoms with Gasteiger partial charge in [-0.1, -0.05) is 23.9 Å². The van der Waals surface area contributed by atoms with Gasteiger partial charge in [-0.05, 0) is 44.9 Å². The molecule has 1 fully saturated rings. The van der Waals surface area contributed by atoms with Gasteiger partial charge in [0, 0.05) is 30.7 Å². The van der Waals surface area contributed by atoms with E-state index < -0.39 is 5.97 Å². The summed E-state index contributed by atoms with van der Waals surface area (Å²) in [4.78, 5) is 17.6. The molecule has 7 heteroatoms. The SMILES string of the molecule is C=C(/N=C(\C)F)n1nnc(C2=CC(CN(C)C3CC3)=C(C=O)CC=C2)c1C. The number of aldehydes is 1. The van der Waals surface area contributed by atoms with Crippen molar-refractivity contribution in [1.29, 1.82) is 0 Å². The fourth-order valence-corrected chi connectivity index (χ4v) is 3.17. The molecule has 0 aliphatic heterocycles. The summed E-state index contributed by atoms with van der Waals surface area (Å²) in [5.74, 6) is -0.420. The molecule has 1 saturated carbocycles. The first-order valence-electron chi connectivity index (χ1n) is 8.99. The maximum atomic E-state index is 13.1. The molecule has 0 bridgehead atoms. The fourth-order valence-electron chi connectivity index (χ4n) is 3.17. The third kappa shape index (κ3) is 4.36. The summed E-state index contributed by atoms with van der Waals surface area (Å²) in [6, 6.07) is 0.603. The van der Waals surface area contributed by atoms with E-state index >= 15 is 0 Å². The number of hydrogen-bond acceptors (Lipinski definition) is 5. The van der Waals surface area contributed by atoms with Crippen molar-refractivity contribution in [1.82, 2.24) is 19.9 Å². The molecule has 0 radical (unpaired) electrons. The summed E-state index contributed by atoms with van der Waals surface area (Å²) in [7, 11) is 2.09. The smallest absolute Gasteiger partial charge is 0.187 e. The van der Waals surface area contributed by atoms with Crippen LogP contribution in [-0.2, 0) is 4.79 Å². The molecule has 3 rings (SSSR count). The van der Waals surface area contributed by atoms with Crippen molar-refractivity contribution in [3.05, 3.63) is 47.3 Å². The zero-order valence-corrected chi connectivity index (χ0v) is 15.9. The van der Waals surface area contributed by atoms with E-state index in [4.69, 9.17) is 0 Å². The molecule has 0 spiro atoms. The van der Waals surface area contributed by atoms with Gasteiger partial charge in [0.1, 0.15) is 12.0 Å². The summed E-state index contributed by atoms with van der Waals surface area (Å²) in [5.41, 5.74) is 4.01. The quantitative estimate of drug-likeness (QED) is 0.546. The van der Waals surface area contributed by atoms with Gasteiger partial charge in [-0.25, -0.2) is 4.99 Å². The average molecular weight is 369 g/mol. The van der Waals surface area contributed by atoms with Crippen LogP contribution in [0.15, 0.2) is 40.9 Å². The van der Waals surface area contributed by atoms with E-state index in [1.165, 1.54) is 24.4 Å². The number of nitrogens with zero attached hydrogens (tertiary/aromatic N) is 5. The summed E-state index contributed by atoms with van der Waals surface area (Å²) in [6.07, 6.45) is 9.84. The summed E-state index contributed by atoms with van der Waals surface area (Å²) in [6.45, 7) is 7.55. The second-order valence-electron chi connectivity index (χ2n) is 6.98. The maximum absolute atomic E-state index is 13.1. The van der Waals surface area contributed by atoms with Crippen LogP contribution < -0.4 is 0 Å². The van der Waals surface area contributed by atoms with Crippen molar-refractivity contribution in [2.75, 3.05) is 13.6 Å². The van der Waals surface area contributed by atoms with Gasteiger partial charge in [0.25, 0.3) is 0 Å². The van der Waals surface area contributed by atoms with Crippen LogP contribution in [0.25, 0.3) is 11.4 Å². The Labute approximate surface area is 158 Å². The normalized spacial score (nSPS) is 18.0. The Morgan fingerprint density at radius 1 is 1.52 bits per heavy atom. The first kappa shape index (κ1) is 19.1. The summed E-state index contributed by atoms with van der Waals surface area (Å²) < 4.78 is 14.5. The number of aromatic nitrogens is 3. The molecule has 0 aromatic carbocycles. The van der Waals surface area contributed by atoms with Crippen LogP contribution in [0, 0.1) is 6.92 Å². The number of carbonyl (C=O) groups excluding carboxylic acids is 1. The van der Waals surface area contributed by atoms with Gasteiger partial charge in [-0.15, -0.1) is 5.10 Å². The minimum Gasteiger partial charge on any atom is -0.299 e. The molecule has 0 amide bonds. The lowest BCUT2D eigenvalue weighted by atomic mass is 10.0. The van der Waals surface area contributed by atoms with Crippen LogP contribution in [0.5, 0.6) is 0 Å². The number of hydrogen-bond donors (Lipinski definition) is 0. The monoisotopic (exact) mass is 369 g/mol. The lowest BCUT2D eigenvalue weighted by Crippen LogP contribution is -2.23. The van der Waals surface area contributed by atoms with Crippen molar-refractivity contribution >= 4 is 23.6 Å². The van der Waals surface area contributed by atoms with Gasteiger partial charge >= 0.3 is 0 Å². The predicted molar refractivity (Wildman–Crippen MR) is 105 cm³/mol. The minimum absolute atomic E-state index is 0.169. The van der Waals surface area contributed by atoms with Gasteiger partial charge in [-0.2, -0.15) is 9.07 Å². The number of rotatable bonds is 7. The van der Waals surface area contributed by atoms with Gasteiger partial charge in [0.05, 0.1) is 5.69 Å².